The highest BCUT2D eigenvalue weighted by atomic mass is 32.2. The molecule has 2 fully saturated rings. The summed E-state index contributed by atoms with van der Waals surface area (Å²) in [5.74, 6) is 4.00. The molecule has 92 valence electrons. The number of thioether (sulfide) groups is 1. The Morgan fingerprint density at radius 1 is 1.25 bits per heavy atom. The molecule has 1 saturated heterocycles. The van der Waals surface area contributed by atoms with Crippen molar-refractivity contribution in [1.82, 2.24) is 5.32 Å². The largest absolute Gasteiger partial charge is 0.370 e. The average Bonchev–Trinajstić information content (AvgIpc) is 2.81. The number of hydrogen-bond donors (Lipinski definition) is 2. The first-order chi connectivity index (χ1) is 7.84. The summed E-state index contributed by atoms with van der Waals surface area (Å²) < 4.78 is 0. The standard InChI is InChI=1S/C12H23N3S/c13-12(14-8-10-6-7-16-9-10)15-11-4-2-1-3-5-11/h10-11H,1-9H2,(H3,13,14,15). The molecule has 1 heterocycles. The van der Waals surface area contributed by atoms with E-state index in [4.69, 9.17) is 5.73 Å². The highest BCUT2D eigenvalue weighted by molar-refractivity contribution is 7.99. The maximum absolute atomic E-state index is 5.91. The van der Waals surface area contributed by atoms with Crippen LogP contribution >= 0.6 is 11.8 Å². The van der Waals surface area contributed by atoms with Gasteiger partial charge >= 0.3 is 0 Å². The highest BCUT2D eigenvalue weighted by Gasteiger charge is 2.16. The number of guanidine groups is 1. The SMILES string of the molecule is NC(=NCC1CCSC1)NC1CCCCC1. The maximum atomic E-state index is 5.91. The predicted octanol–water partition coefficient (Wildman–Crippen LogP) is 1.98. The van der Waals surface area contributed by atoms with E-state index in [1.807, 2.05) is 11.8 Å². The molecule has 1 unspecified atom stereocenters. The van der Waals surface area contributed by atoms with Gasteiger partial charge in [0.25, 0.3) is 0 Å². The van der Waals surface area contributed by atoms with Crippen LogP contribution in [-0.2, 0) is 0 Å². The van der Waals surface area contributed by atoms with Crippen molar-refractivity contribution in [3.63, 3.8) is 0 Å². The molecule has 16 heavy (non-hydrogen) atoms. The minimum Gasteiger partial charge on any atom is -0.370 e. The van der Waals surface area contributed by atoms with Gasteiger partial charge in [0.2, 0.25) is 0 Å². The summed E-state index contributed by atoms with van der Waals surface area (Å²) in [4.78, 5) is 4.47. The summed E-state index contributed by atoms with van der Waals surface area (Å²) in [7, 11) is 0. The Hall–Kier alpha value is -0.380. The Kier molecular flexibility index (Phi) is 4.82. The minimum atomic E-state index is 0.579. The summed E-state index contributed by atoms with van der Waals surface area (Å²) in [6.07, 6.45) is 7.89. The summed E-state index contributed by atoms with van der Waals surface area (Å²) in [6.45, 7) is 0.915. The fraction of sp³-hybridized carbons (Fsp3) is 0.917. The molecule has 0 aromatic rings. The van der Waals surface area contributed by atoms with Crippen LogP contribution in [0.1, 0.15) is 38.5 Å². The third kappa shape index (κ3) is 3.89. The Bertz CT molecular complexity index is 230. The van der Waals surface area contributed by atoms with E-state index in [0.29, 0.717) is 12.0 Å². The predicted molar refractivity (Wildman–Crippen MR) is 71.9 cm³/mol. The molecular formula is C12H23N3S. The van der Waals surface area contributed by atoms with Gasteiger partial charge in [-0.25, -0.2) is 0 Å². The molecular weight excluding hydrogens is 218 g/mol. The second-order valence-electron chi connectivity index (χ2n) is 4.93. The van der Waals surface area contributed by atoms with E-state index in [2.05, 4.69) is 10.3 Å². The van der Waals surface area contributed by atoms with Crippen LogP contribution in [0.25, 0.3) is 0 Å². The number of rotatable bonds is 3. The molecule has 0 radical (unpaired) electrons. The normalized spacial score (nSPS) is 28.2. The van der Waals surface area contributed by atoms with Crippen molar-refractivity contribution in [3.8, 4) is 0 Å². The number of hydrogen-bond acceptors (Lipinski definition) is 2. The smallest absolute Gasteiger partial charge is 0.188 e. The first-order valence-electron chi connectivity index (χ1n) is 6.49. The van der Waals surface area contributed by atoms with Crippen molar-refractivity contribution in [2.75, 3.05) is 18.1 Å². The van der Waals surface area contributed by atoms with E-state index < -0.39 is 0 Å². The lowest BCUT2D eigenvalue weighted by molar-refractivity contribution is 0.412. The third-order valence-corrected chi connectivity index (χ3v) is 4.73. The van der Waals surface area contributed by atoms with E-state index in [-0.39, 0.29) is 0 Å². The number of nitrogens with zero attached hydrogens (tertiary/aromatic N) is 1. The van der Waals surface area contributed by atoms with Gasteiger partial charge in [0.05, 0.1) is 0 Å². The molecule has 0 amide bonds. The van der Waals surface area contributed by atoms with Gasteiger partial charge in [0.1, 0.15) is 0 Å². The zero-order valence-corrected chi connectivity index (χ0v) is 10.8. The number of aliphatic imine (C=N–C) groups is 1. The van der Waals surface area contributed by atoms with Crippen LogP contribution in [-0.4, -0.2) is 30.1 Å². The second kappa shape index (κ2) is 6.38. The molecule has 0 aromatic carbocycles. The van der Waals surface area contributed by atoms with Crippen molar-refractivity contribution in [1.29, 1.82) is 0 Å². The van der Waals surface area contributed by atoms with Crippen LogP contribution in [0.3, 0.4) is 0 Å². The molecule has 3 nitrogen and oxygen atoms in total. The Balaban J connectivity index is 1.68. The lowest BCUT2D eigenvalue weighted by atomic mass is 9.96. The van der Waals surface area contributed by atoms with E-state index in [1.54, 1.807) is 0 Å². The van der Waals surface area contributed by atoms with Gasteiger partial charge in [0.15, 0.2) is 5.96 Å². The van der Waals surface area contributed by atoms with Gasteiger partial charge in [0, 0.05) is 12.6 Å². The van der Waals surface area contributed by atoms with Gasteiger partial charge in [-0.15, -0.1) is 0 Å². The van der Waals surface area contributed by atoms with Gasteiger partial charge in [-0.1, -0.05) is 19.3 Å². The third-order valence-electron chi connectivity index (χ3n) is 3.50. The molecule has 2 rings (SSSR count). The number of nitrogens with two attached hydrogens (primary N) is 1. The van der Waals surface area contributed by atoms with Crippen molar-refractivity contribution in [2.24, 2.45) is 16.6 Å². The summed E-state index contributed by atoms with van der Waals surface area (Å²) in [6, 6.07) is 0.579. The molecule has 0 bridgehead atoms. The summed E-state index contributed by atoms with van der Waals surface area (Å²) >= 11 is 2.04. The molecule has 1 saturated carbocycles. The fourth-order valence-corrected chi connectivity index (χ4v) is 3.73. The second-order valence-corrected chi connectivity index (χ2v) is 6.08. The van der Waals surface area contributed by atoms with Crippen molar-refractivity contribution < 1.29 is 0 Å². The fourth-order valence-electron chi connectivity index (χ4n) is 2.46. The Labute approximate surface area is 103 Å². The first-order valence-corrected chi connectivity index (χ1v) is 7.64. The first kappa shape index (κ1) is 12.1. The molecule has 3 N–H and O–H groups in total. The molecule has 4 heteroatoms. The van der Waals surface area contributed by atoms with E-state index >= 15 is 0 Å². The van der Waals surface area contributed by atoms with Crippen molar-refractivity contribution >= 4 is 17.7 Å². The van der Waals surface area contributed by atoms with Crippen LogP contribution in [0.4, 0.5) is 0 Å². The van der Waals surface area contributed by atoms with Crippen LogP contribution in [0.5, 0.6) is 0 Å². The van der Waals surface area contributed by atoms with Crippen molar-refractivity contribution in [2.45, 2.75) is 44.6 Å². The van der Waals surface area contributed by atoms with Crippen molar-refractivity contribution in [3.05, 3.63) is 0 Å². The van der Waals surface area contributed by atoms with E-state index in [1.165, 1.54) is 50.0 Å². The molecule has 0 spiro atoms. The zero-order chi connectivity index (χ0) is 11.2. The van der Waals surface area contributed by atoms with E-state index in [0.717, 1.165) is 12.5 Å². The van der Waals surface area contributed by atoms with Gasteiger partial charge in [-0.3, -0.25) is 4.99 Å². The topological polar surface area (TPSA) is 50.4 Å². The minimum absolute atomic E-state index is 0.579. The molecule has 1 aliphatic heterocycles. The number of nitrogens with one attached hydrogen (secondary N) is 1. The van der Waals surface area contributed by atoms with Crippen LogP contribution in [0, 0.1) is 5.92 Å². The lowest BCUT2D eigenvalue weighted by Crippen LogP contribution is -2.41. The summed E-state index contributed by atoms with van der Waals surface area (Å²) in [5, 5.41) is 3.36. The average molecular weight is 241 g/mol. The van der Waals surface area contributed by atoms with Gasteiger partial charge in [-0.2, -0.15) is 11.8 Å². The quantitative estimate of drug-likeness (QED) is 0.587. The Morgan fingerprint density at radius 3 is 2.75 bits per heavy atom. The zero-order valence-electron chi connectivity index (χ0n) is 9.95. The van der Waals surface area contributed by atoms with Gasteiger partial charge in [-0.05, 0) is 36.7 Å². The maximum Gasteiger partial charge on any atom is 0.188 e. The van der Waals surface area contributed by atoms with Crippen LogP contribution in [0.15, 0.2) is 4.99 Å². The monoisotopic (exact) mass is 241 g/mol. The summed E-state index contributed by atoms with van der Waals surface area (Å²) in [5.41, 5.74) is 5.91. The highest BCUT2D eigenvalue weighted by Crippen LogP contribution is 2.23. The van der Waals surface area contributed by atoms with E-state index in [9.17, 15) is 0 Å². The molecule has 2 aliphatic rings. The molecule has 1 atom stereocenters. The van der Waals surface area contributed by atoms with Crippen LogP contribution < -0.4 is 11.1 Å². The molecule has 1 aliphatic carbocycles. The van der Waals surface area contributed by atoms with Crippen LogP contribution in [0.2, 0.25) is 0 Å². The van der Waals surface area contributed by atoms with Gasteiger partial charge < -0.3 is 11.1 Å². The molecule has 0 aromatic heterocycles. The Morgan fingerprint density at radius 2 is 2.06 bits per heavy atom. The lowest BCUT2D eigenvalue weighted by Gasteiger charge is -2.23.